The maximum absolute atomic E-state index is 12.0. The fourth-order valence-electron chi connectivity index (χ4n) is 1.77. The number of nitrogens with two attached hydrogens (primary N) is 1. The van der Waals surface area contributed by atoms with Crippen molar-refractivity contribution in [3.8, 4) is 0 Å². The Morgan fingerprint density at radius 2 is 1.95 bits per heavy atom. The van der Waals surface area contributed by atoms with Gasteiger partial charge in [0.15, 0.2) is 0 Å². The molecule has 1 unspecified atom stereocenters. The van der Waals surface area contributed by atoms with E-state index < -0.39 is 6.10 Å². The second kappa shape index (κ2) is 7.89. The molecule has 5 nitrogen and oxygen atoms in total. The molecule has 1 aromatic carbocycles. The predicted molar refractivity (Wildman–Crippen MR) is 73.6 cm³/mol. The number of ether oxygens (including phenoxy) is 1. The normalized spacial score (nSPS) is 12.2. The summed E-state index contributed by atoms with van der Waals surface area (Å²) in [6, 6.07) is 7.64. The van der Waals surface area contributed by atoms with Gasteiger partial charge in [0.2, 0.25) is 5.91 Å². The first-order valence-corrected chi connectivity index (χ1v) is 6.25. The first kappa shape index (κ1) is 15.6. The summed E-state index contributed by atoms with van der Waals surface area (Å²) in [5, 5.41) is 9.57. The number of aliphatic hydroxyl groups excluding tert-OH is 1. The third kappa shape index (κ3) is 5.38. The van der Waals surface area contributed by atoms with Crippen molar-refractivity contribution in [3.63, 3.8) is 0 Å². The minimum atomic E-state index is -0.654. The number of benzene rings is 1. The van der Waals surface area contributed by atoms with E-state index in [1.807, 2.05) is 24.3 Å². The summed E-state index contributed by atoms with van der Waals surface area (Å²) in [4.78, 5) is 13.5. The molecular weight excluding hydrogens is 244 g/mol. The first-order valence-electron chi connectivity index (χ1n) is 6.25. The molecule has 0 saturated carbocycles. The van der Waals surface area contributed by atoms with Gasteiger partial charge in [-0.3, -0.25) is 4.79 Å². The second-order valence-electron chi connectivity index (χ2n) is 4.58. The molecule has 1 aromatic rings. The average Bonchev–Trinajstić information content (AvgIpc) is 2.39. The molecule has 19 heavy (non-hydrogen) atoms. The Hall–Kier alpha value is -1.43. The van der Waals surface area contributed by atoms with Crippen LogP contribution in [0, 0.1) is 0 Å². The summed E-state index contributed by atoms with van der Waals surface area (Å²) in [6.07, 6.45) is -0.334. The zero-order chi connectivity index (χ0) is 14.3. The molecule has 3 N–H and O–H groups in total. The van der Waals surface area contributed by atoms with E-state index in [9.17, 15) is 9.90 Å². The van der Waals surface area contributed by atoms with Crippen LogP contribution >= 0.6 is 0 Å². The van der Waals surface area contributed by atoms with Gasteiger partial charge in [0.05, 0.1) is 19.1 Å². The smallest absolute Gasteiger partial charge is 0.226 e. The average molecular weight is 266 g/mol. The molecule has 0 saturated heterocycles. The van der Waals surface area contributed by atoms with Crippen LogP contribution in [0.4, 0.5) is 0 Å². The Morgan fingerprint density at radius 1 is 1.37 bits per heavy atom. The molecule has 1 rings (SSSR count). The van der Waals surface area contributed by atoms with E-state index >= 15 is 0 Å². The van der Waals surface area contributed by atoms with Gasteiger partial charge in [0.1, 0.15) is 0 Å². The van der Waals surface area contributed by atoms with Crippen LogP contribution in [0.1, 0.15) is 11.1 Å². The van der Waals surface area contributed by atoms with Gasteiger partial charge < -0.3 is 20.5 Å². The standard InChI is InChI=1S/C14H22N2O3/c1-16(9-13(17)10-19-2)14(18)7-11-3-5-12(8-15)6-4-11/h3-6,13,17H,7-10,15H2,1-2H3. The number of nitrogens with zero attached hydrogens (tertiary/aromatic N) is 1. The van der Waals surface area contributed by atoms with Gasteiger partial charge in [-0.2, -0.15) is 0 Å². The quantitative estimate of drug-likeness (QED) is 0.737. The summed E-state index contributed by atoms with van der Waals surface area (Å²) < 4.78 is 4.83. The lowest BCUT2D eigenvalue weighted by Gasteiger charge is -2.20. The molecule has 1 amide bonds. The summed E-state index contributed by atoms with van der Waals surface area (Å²) in [5.41, 5.74) is 7.50. The van der Waals surface area contributed by atoms with E-state index in [1.54, 1.807) is 7.05 Å². The van der Waals surface area contributed by atoms with Crippen molar-refractivity contribution in [2.24, 2.45) is 5.73 Å². The fraction of sp³-hybridized carbons (Fsp3) is 0.500. The van der Waals surface area contributed by atoms with Crippen LogP contribution in [-0.2, 0) is 22.5 Å². The van der Waals surface area contributed by atoms with E-state index in [-0.39, 0.29) is 19.1 Å². The zero-order valence-corrected chi connectivity index (χ0v) is 11.5. The van der Waals surface area contributed by atoms with Crippen LogP contribution in [0.3, 0.4) is 0 Å². The number of amides is 1. The molecule has 0 spiro atoms. The lowest BCUT2D eigenvalue weighted by atomic mass is 10.1. The molecule has 5 heteroatoms. The van der Waals surface area contributed by atoms with E-state index in [0.29, 0.717) is 13.0 Å². The Balaban J connectivity index is 2.48. The summed E-state index contributed by atoms with van der Waals surface area (Å²) >= 11 is 0. The number of rotatable bonds is 7. The Kier molecular flexibility index (Phi) is 6.49. The van der Waals surface area contributed by atoms with Gasteiger partial charge in [0, 0.05) is 27.2 Å². The van der Waals surface area contributed by atoms with Crippen molar-refractivity contribution >= 4 is 5.91 Å². The largest absolute Gasteiger partial charge is 0.389 e. The van der Waals surface area contributed by atoms with Gasteiger partial charge in [-0.25, -0.2) is 0 Å². The molecule has 0 radical (unpaired) electrons. The monoisotopic (exact) mass is 266 g/mol. The highest BCUT2D eigenvalue weighted by molar-refractivity contribution is 5.78. The topological polar surface area (TPSA) is 75.8 Å². The lowest BCUT2D eigenvalue weighted by molar-refractivity contribution is -0.130. The molecule has 0 bridgehead atoms. The number of hydrogen-bond donors (Lipinski definition) is 2. The highest BCUT2D eigenvalue weighted by atomic mass is 16.5. The molecule has 0 fully saturated rings. The van der Waals surface area contributed by atoms with Gasteiger partial charge >= 0.3 is 0 Å². The van der Waals surface area contributed by atoms with E-state index in [4.69, 9.17) is 10.5 Å². The summed E-state index contributed by atoms with van der Waals surface area (Å²) in [6.45, 7) is 0.994. The van der Waals surface area contributed by atoms with Crippen molar-refractivity contribution in [1.29, 1.82) is 0 Å². The minimum Gasteiger partial charge on any atom is -0.389 e. The van der Waals surface area contributed by atoms with Crippen LogP contribution in [-0.4, -0.2) is 49.3 Å². The SMILES string of the molecule is COCC(O)CN(C)C(=O)Cc1ccc(CN)cc1. The number of likely N-dealkylation sites (N-methyl/N-ethyl adjacent to an activating group) is 1. The highest BCUT2D eigenvalue weighted by Gasteiger charge is 2.13. The van der Waals surface area contributed by atoms with Crippen molar-refractivity contribution in [2.75, 3.05) is 27.3 Å². The number of hydrogen-bond acceptors (Lipinski definition) is 4. The molecule has 106 valence electrons. The Bertz CT molecular complexity index is 392. The molecule has 0 aliphatic rings. The van der Waals surface area contributed by atoms with Crippen LogP contribution in [0.2, 0.25) is 0 Å². The molecule has 0 heterocycles. The molecule has 0 aromatic heterocycles. The first-order chi connectivity index (χ1) is 9.06. The number of carbonyl (C=O) groups excluding carboxylic acids is 1. The number of methoxy groups -OCH3 is 1. The van der Waals surface area contributed by atoms with Gasteiger partial charge in [0.25, 0.3) is 0 Å². The molecule has 1 atom stereocenters. The van der Waals surface area contributed by atoms with E-state index in [1.165, 1.54) is 12.0 Å². The van der Waals surface area contributed by atoms with Crippen LogP contribution < -0.4 is 5.73 Å². The van der Waals surface area contributed by atoms with E-state index in [2.05, 4.69) is 0 Å². The van der Waals surface area contributed by atoms with Crippen molar-refractivity contribution in [1.82, 2.24) is 4.90 Å². The Labute approximate surface area is 114 Å². The maximum atomic E-state index is 12.0. The number of carbonyl (C=O) groups is 1. The number of aliphatic hydroxyl groups is 1. The third-order valence-electron chi connectivity index (χ3n) is 2.88. The van der Waals surface area contributed by atoms with Crippen molar-refractivity contribution in [2.45, 2.75) is 19.1 Å². The summed E-state index contributed by atoms with van der Waals surface area (Å²) in [7, 11) is 3.19. The molecule has 0 aliphatic heterocycles. The van der Waals surface area contributed by atoms with Crippen LogP contribution in [0.25, 0.3) is 0 Å². The lowest BCUT2D eigenvalue weighted by Crippen LogP contribution is -2.37. The van der Waals surface area contributed by atoms with Gasteiger partial charge in [-0.15, -0.1) is 0 Å². The van der Waals surface area contributed by atoms with Crippen molar-refractivity contribution < 1.29 is 14.6 Å². The molecule has 0 aliphatic carbocycles. The predicted octanol–water partition coefficient (Wildman–Crippen LogP) is 0.154. The highest BCUT2D eigenvalue weighted by Crippen LogP contribution is 2.06. The third-order valence-corrected chi connectivity index (χ3v) is 2.88. The van der Waals surface area contributed by atoms with E-state index in [0.717, 1.165) is 11.1 Å². The molecular formula is C14H22N2O3. The van der Waals surface area contributed by atoms with Gasteiger partial charge in [-0.05, 0) is 11.1 Å². The fourth-order valence-corrected chi connectivity index (χ4v) is 1.77. The minimum absolute atomic E-state index is 0.0318. The van der Waals surface area contributed by atoms with Gasteiger partial charge in [-0.1, -0.05) is 24.3 Å². The zero-order valence-electron chi connectivity index (χ0n) is 11.5. The maximum Gasteiger partial charge on any atom is 0.226 e. The van der Waals surface area contributed by atoms with Crippen LogP contribution in [0.5, 0.6) is 0 Å². The Morgan fingerprint density at radius 3 is 2.47 bits per heavy atom. The van der Waals surface area contributed by atoms with Crippen molar-refractivity contribution in [3.05, 3.63) is 35.4 Å². The second-order valence-corrected chi connectivity index (χ2v) is 4.58. The van der Waals surface area contributed by atoms with Crippen LogP contribution in [0.15, 0.2) is 24.3 Å². The summed E-state index contributed by atoms with van der Waals surface area (Å²) in [5.74, 6) is -0.0318.